The molecule has 0 amide bonds. The molecule has 1 heterocycles. The van der Waals surface area contributed by atoms with Crippen LogP contribution in [0.5, 0.6) is 0 Å². The van der Waals surface area contributed by atoms with Gasteiger partial charge in [0.1, 0.15) is 0 Å². The standard InChI is InChI=1S/C17H27NO2/c1-14(2)18-10-9-15-6-3-4-7-16(15)12-19-13-17-8-5-11-20-17/h3-4,6-7,14,17-18H,5,8-13H2,1-2H3. The minimum Gasteiger partial charge on any atom is -0.376 e. The van der Waals surface area contributed by atoms with Gasteiger partial charge < -0.3 is 14.8 Å². The van der Waals surface area contributed by atoms with E-state index in [1.54, 1.807) is 0 Å². The lowest BCUT2D eigenvalue weighted by molar-refractivity contribution is 0.0104. The molecule has 1 saturated heterocycles. The SMILES string of the molecule is CC(C)NCCc1ccccc1COCC1CCCO1. The normalized spacial score (nSPS) is 18.9. The molecule has 1 aliphatic heterocycles. The Kier molecular flexibility index (Phi) is 6.51. The number of hydrogen-bond donors (Lipinski definition) is 1. The van der Waals surface area contributed by atoms with Crippen LogP contribution in [0.2, 0.25) is 0 Å². The zero-order valence-electron chi connectivity index (χ0n) is 12.7. The van der Waals surface area contributed by atoms with E-state index in [4.69, 9.17) is 9.47 Å². The molecule has 3 nitrogen and oxygen atoms in total. The van der Waals surface area contributed by atoms with Gasteiger partial charge in [-0.15, -0.1) is 0 Å². The van der Waals surface area contributed by atoms with Gasteiger partial charge >= 0.3 is 0 Å². The summed E-state index contributed by atoms with van der Waals surface area (Å²) in [5.41, 5.74) is 2.68. The third kappa shape index (κ3) is 5.23. The van der Waals surface area contributed by atoms with Crippen molar-refractivity contribution >= 4 is 0 Å². The largest absolute Gasteiger partial charge is 0.376 e. The van der Waals surface area contributed by atoms with Crippen molar-refractivity contribution in [3.63, 3.8) is 0 Å². The summed E-state index contributed by atoms with van der Waals surface area (Å²) >= 11 is 0. The molecule has 2 rings (SSSR count). The maximum Gasteiger partial charge on any atom is 0.0809 e. The molecule has 1 aliphatic rings. The zero-order valence-corrected chi connectivity index (χ0v) is 12.7. The fraction of sp³-hybridized carbons (Fsp3) is 0.647. The van der Waals surface area contributed by atoms with E-state index in [2.05, 4.69) is 43.4 Å². The average Bonchev–Trinajstić information content (AvgIpc) is 2.93. The Balaban J connectivity index is 1.77. The van der Waals surface area contributed by atoms with Crippen molar-refractivity contribution in [1.82, 2.24) is 5.32 Å². The Morgan fingerprint density at radius 2 is 2.10 bits per heavy atom. The van der Waals surface area contributed by atoms with Gasteiger partial charge in [0.15, 0.2) is 0 Å². The molecule has 0 bridgehead atoms. The second kappa shape index (κ2) is 8.40. The van der Waals surface area contributed by atoms with Gasteiger partial charge in [-0.1, -0.05) is 38.1 Å². The third-order valence-corrected chi connectivity index (χ3v) is 3.65. The summed E-state index contributed by atoms with van der Waals surface area (Å²) in [4.78, 5) is 0. The highest BCUT2D eigenvalue weighted by Gasteiger charge is 2.15. The fourth-order valence-corrected chi connectivity index (χ4v) is 2.51. The summed E-state index contributed by atoms with van der Waals surface area (Å²) in [5.74, 6) is 0. The van der Waals surface area contributed by atoms with Crippen LogP contribution in [0.3, 0.4) is 0 Å². The molecule has 0 spiro atoms. The van der Waals surface area contributed by atoms with Crippen molar-refractivity contribution in [3.05, 3.63) is 35.4 Å². The first-order valence-corrected chi connectivity index (χ1v) is 7.75. The van der Waals surface area contributed by atoms with E-state index >= 15 is 0 Å². The minimum absolute atomic E-state index is 0.310. The molecule has 1 aromatic carbocycles. The molecule has 1 fully saturated rings. The number of rotatable bonds is 8. The molecular weight excluding hydrogens is 250 g/mol. The van der Waals surface area contributed by atoms with Crippen LogP contribution in [0.15, 0.2) is 24.3 Å². The second-order valence-electron chi connectivity index (χ2n) is 5.78. The molecule has 1 aromatic rings. The fourth-order valence-electron chi connectivity index (χ4n) is 2.51. The van der Waals surface area contributed by atoms with Gasteiger partial charge in [0.05, 0.1) is 19.3 Å². The molecule has 112 valence electrons. The number of nitrogens with one attached hydrogen (secondary N) is 1. The summed E-state index contributed by atoms with van der Waals surface area (Å²) in [7, 11) is 0. The molecule has 1 atom stereocenters. The van der Waals surface area contributed by atoms with Crippen molar-refractivity contribution < 1.29 is 9.47 Å². The van der Waals surface area contributed by atoms with E-state index in [0.29, 0.717) is 18.8 Å². The van der Waals surface area contributed by atoms with Crippen LogP contribution in [-0.4, -0.2) is 31.9 Å². The van der Waals surface area contributed by atoms with Crippen molar-refractivity contribution in [2.75, 3.05) is 19.8 Å². The Labute approximate surface area is 122 Å². The molecule has 0 radical (unpaired) electrons. The van der Waals surface area contributed by atoms with Crippen molar-refractivity contribution in [3.8, 4) is 0 Å². The summed E-state index contributed by atoms with van der Waals surface area (Å²) < 4.78 is 11.4. The second-order valence-corrected chi connectivity index (χ2v) is 5.78. The lowest BCUT2D eigenvalue weighted by Gasteiger charge is -2.14. The van der Waals surface area contributed by atoms with Crippen molar-refractivity contribution in [2.24, 2.45) is 0 Å². The van der Waals surface area contributed by atoms with Crippen LogP contribution in [-0.2, 0) is 22.5 Å². The van der Waals surface area contributed by atoms with Gasteiger partial charge in [0, 0.05) is 12.6 Å². The number of hydrogen-bond acceptors (Lipinski definition) is 3. The minimum atomic E-state index is 0.310. The summed E-state index contributed by atoms with van der Waals surface area (Å²) in [6, 6.07) is 9.10. The number of ether oxygens (including phenoxy) is 2. The highest BCUT2D eigenvalue weighted by Crippen LogP contribution is 2.15. The Bertz CT molecular complexity index is 386. The van der Waals surface area contributed by atoms with E-state index in [9.17, 15) is 0 Å². The molecule has 0 aromatic heterocycles. The molecule has 0 aliphatic carbocycles. The van der Waals surface area contributed by atoms with Crippen LogP contribution < -0.4 is 5.32 Å². The Morgan fingerprint density at radius 1 is 1.30 bits per heavy atom. The first-order chi connectivity index (χ1) is 9.75. The van der Waals surface area contributed by atoms with E-state index < -0.39 is 0 Å². The highest BCUT2D eigenvalue weighted by molar-refractivity contribution is 5.26. The quantitative estimate of drug-likeness (QED) is 0.792. The molecule has 1 unspecified atom stereocenters. The number of benzene rings is 1. The van der Waals surface area contributed by atoms with Crippen LogP contribution in [0.25, 0.3) is 0 Å². The van der Waals surface area contributed by atoms with Gasteiger partial charge in [-0.25, -0.2) is 0 Å². The van der Waals surface area contributed by atoms with Gasteiger partial charge in [0.2, 0.25) is 0 Å². The van der Waals surface area contributed by atoms with E-state index in [0.717, 1.165) is 32.6 Å². The first kappa shape index (κ1) is 15.5. The van der Waals surface area contributed by atoms with E-state index in [1.807, 2.05) is 0 Å². The predicted octanol–water partition coefficient (Wildman–Crippen LogP) is 2.92. The zero-order chi connectivity index (χ0) is 14.2. The Morgan fingerprint density at radius 3 is 2.80 bits per heavy atom. The van der Waals surface area contributed by atoms with Crippen molar-refractivity contribution in [2.45, 2.75) is 51.9 Å². The lowest BCUT2D eigenvalue weighted by atomic mass is 10.1. The average molecular weight is 277 g/mol. The topological polar surface area (TPSA) is 30.5 Å². The summed E-state index contributed by atoms with van der Waals surface area (Å²) in [6.45, 7) is 7.68. The highest BCUT2D eigenvalue weighted by atomic mass is 16.5. The van der Waals surface area contributed by atoms with Crippen LogP contribution >= 0.6 is 0 Å². The van der Waals surface area contributed by atoms with Crippen LogP contribution in [0, 0.1) is 0 Å². The van der Waals surface area contributed by atoms with Crippen molar-refractivity contribution in [1.29, 1.82) is 0 Å². The van der Waals surface area contributed by atoms with Crippen LogP contribution in [0.1, 0.15) is 37.8 Å². The first-order valence-electron chi connectivity index (χ1n) is 7.75. The summed E-state index contributed by atoms with van der Waals surface area (Å²) in [5, 5.41) is 3.46. The monoisotopic (exact) mass is 277 g/mol. The maximum absolute atomic E-state index is 5.83. The van der Waals surface area contributed by atoms with Gasteiger partial charge in [-0.3, -0.25) is 0 Å². The molecule has 0 saturated carbocycles. The Hall–Kier alpha value is -0.900. The van der Waals surface area contributed by atoms with E-state index in [-0.39, 0.29) is 0 Å². The maximum atomic E-state index is 5.83. The van der Waals surface area contributed by atoms with Gasteiger partial charge in [-0.2, -0.15) is 0 Å². The molecule has 20 heavy (non-hydrogen) atoms. The predicted molar refractivity (Wildman–Crippen MR) is 81.9 cm³/mol. The molecular formula is C17H27NO2. The lowest BCUT2D eigenvalue weighted by Crippen LogP contribution is -2.25. The molecule has 3 heteroatoms. The molecule has 1 N–H and O–H groups in total. The third-order valence-electron chi connectivity index (χ3n) is 3.65. The summed E-state index contributed by atoms with van der Waals surface area (Å²) in [6.07, 6.45) is 3.67. The van der Waals surface area contributed by atoms with E-state index in [1.165, 1.54) is 17.5 Å². The van der Waals surface area contributed by atoms with Gasteiger partial charge in [0.25, 0.3) is 0 Å². The van der Waals surface area contributed by atoms with Gasteiger partial charge in [-0.05, 0) is 36.9 Å². The van der Waals surface area contributed by atoms with Crippen LogP contribution in [0.4, 0.5) is 0 Å². The smallest absolute Gasteiger partial charge is 0.0809 e.